The minimum Gasteiger partial charge on any atom is -0.510 e. The monoisotopic (exact) mass is 596 g/mol. The number of hydrogen-bond acceptors (Lipinski definition) is 9. The van der Waals surface area contributed by atoms with Gasteiger partial charge in [0.15, 0.2) is 5.70 Å². The summed E-state index contributed by atoms with van der Waals surface area (Å²) in [6.07, 6.45) is -0.0426. The number of benzene rings is 3. The van der Waals surface area contributed by atoms with Gasteiger partial charge in [-0.05, 0) is 42.3 Å². The van der Waals surface area contributed by atoms with Crippen LogP contribution in [-0.2, 0) is 41.0 Å². The topological polar surface area (TPSA) is 139 Å². The fraction of sp³-hybridized carbons (Fsp3) is 0.207. The van der Waals surface area contributed by atoms with Crippen molar-refractivity contribution >= 4 is 37.4 Å². The van der Waals surface area contributed by atoms with Gasteiger partial charge in [-0.2, -0.15) is 0 Å². The van der Waals surface area contributed by atoms with Gasteiger partial charge in [-0.15, -0.1) is 0 Å². The van der Waals surface area contributed by atoms with Crippen LogP contribution in [0.1, 0.15) is 18.1 Å². The molecule has 1 aliphatic rings. The van der Waals surface area contributed by atoms with E-state index >= 15 is 0 Å². The number of nitrogens with zero attached hydrogens (tertiary/aromatic N) is 1. The van der Waals surface area contributed by atoms with Crippen molar-refractivity contribution in [3.63, 3.8) is 0 Å². The summed E-state index contributed by atoms with van der Waals surface area (Å²) in [5.41, 5.74) is 0.800. The lowest BCUT2D eigenvalue weighted by Crippen LogP contribution is -2.70. The highest BCUT2D eigenvalue weighted by Crippen LogP contribution is 2.40. The molecule has 4 rings (SSSR count). The van der Waals surface area contributed by atoms with Crippen LogP contribution in [0.4, 0.5) is 0 Å². The van der Waals surface area contributed by atoms with Crippen molar-refractivity contribution in [3.05, 3.63) is 108 Å². The average molecular weight is 597 g/mol. The van der Waals surface area contributed by atoms with Gasteiger partial charge in [0.25, 0.3) is 5.91 Å². The fourth-order valence-corrected chi connectivity index (χ4v) is 7.56. The van der Waals surface area contributed by atoms with Gasteiger partial charge < -0.3 is 19.9 Å². The molecule has 1 saturated heterocycles. The van der Waals surface area contributed by atoms with Gasteiger partial charge in [-0.3, -0.25) is 14.5 Å². The van der Waals surface area contributed by atoms with E-state index in [-0.39, 0.29) is 17.9 Å². The second-order valence-corrected chi connectivity index (χ2v) is 13.0. The first-order valence-electron chi connectivity index (χ1n) is 12.5. The first-order valence-corrected chi connectivity index (χ1v) is 15.3. The molecule has 41 heavy (non-hydrogen) atoms. The molecule has 0 spiro atoms. The molecule has 10 nitrogen and oxygen atoms in total. The Bertz CT molecular complexity index is 1540. The maximum Gasteiger partial charge on any atom is 0.358 e. The Balaban J connectivity index is 1.57. The number of rotatable bonds is 11. The summed E-state index contributed by atoms with van der Waals surface area (Å²) >= 11 is 0. The highest BCUT2D eigenvalue weighted by atomic mass is 33.1. The Morgan fingerprint density at radius 2 is 1.56 bits per heavy atom. The van der Waals surface area contributed by atoms with Crippen molar-refractivity contribution < 1.29 is 37.4 Å². The van der Waals surface area contributed by atoms with Crippen LogP contribution in [0.3, 0.4) is 0 Å². The molecule has 214 valence electrons. The molecule has 1 aliphatic heterocycles. The molecule has 3 aromatic rings. The largest absolute Gasteiger partial charge is 0.510 e. The van der Waals surface area contributed by atoms with E-state index in [4.69, 9.17) is 9.47 Å². The number of allylic oxidation sites excluding steroid dienone is 1. The molecule has 1 fully saturated rings. The fourth-order valence-electron chi connectivity index (χ4n) is 4.07. The summed E-state index contributed by atoms with van der Waals surface area (Å²) < 4.78 is 36.9. The number of nitrogens with one attached hydrogen (secondary N) is 1. The van der Waals surface area contributed by atoms with Crippen molar-refractivity contribution in [2.45, 2.75) is 36.3 Å². The highest BCUT2D eigenvalue weighted by Gasteiger charge is 2.54. The Labute approximate surface area is 241 Å². The number of likely N-dealkylation sites (tertiary alicyclic amines) is 1. The van der Waals surface area contributed by atoms with E-state index in [1.807, 2.05) is 0 Å². The van der Waals surface area contributed by atoms with Gasteiger partial charge in [-0.25, -0.2) is 13.2 Å². The van der Waals surface area contributed by atoms with Gasteiger partial charge in [0.05, 0.1) is 18.4 Å². The maximum absolute atomic E-state index is 13.3. The van der Waals surface area contributed by atoms with Crippen molar-refractivity contribution in [1.82, 2.24) is 10.2 Å². The van der Waals surface area contributed by atoms with Gasteiger partial charge >= 0.3 is 5.97 Å². The molecule has 0 radical (unpaired) electrons. The molecular weight excluding hydrogens is 568 g/mol. The molecular formula is C29H28N2O8S2. The van der Waals surface area contributed by atoms with Crippen LogP contribution in [-0.4, -0.2) is 54.7 Å². The molecule has 2 N–H and O–H groups in total. The summed E-state index contributed by atoms with van der Waals surface area (Å²) in [5, 5.41) is 11.7. The zero-order valence-electron chi connectivity index (χ0n) is 22.2. The van der Waals surface area contributed by atoms with Gasteiger partial charge in [0, 0.05) is 10.8 Å². The van der Waals surface area contributed by atoms with Gasteiger partial charge in [0.1, 0.15) is 29.5 Å². The highest BCUT2D eigenvalue weighted by molar-refractivity contribution is 8.72. The predicted molar refractivity (Wildman–Crippen MR) is 152 cm³/mol. The third kappa shape index (κ3) is 7.08. The van der Waals surface area contributed by atoms with Crippen LogP contribution < -0.4 is 10.1 Å². The second kappa shape index (κ2) is 12.9. The molecule has 0 aliphatic carbocycles. The third-order valence-electron chi connectivity index (χ3n) is 6.13. The number of aliphatic hydroxyl groups excluding tert-OH is 1. The Morgan fingerprint density at radius 1 is 0.951 bits per heavy atom. The number of aliphatic hydroxyl groups is 1. The van der Waals surface area contributed by atoms with Gasteiger partial charge in [-0.1, -0.05) is 60.7 Å². The summed E-state index contributed by atoms with van der Waals surface area (Å²) in [4.78, 5) is 40.0. The van der Waals surface area contributed by atoms with Crippen molar-refractivity contribution in [3.8, 4) is 5.75 Å². The van der Waals surface area contributed by atoms with E-state index in [0.717, 1.165) is 4.90 Å². The van der Waals surface area contributed by atoms with Crippen LogP contribution in [0.2, 0.25) is 0 Å². The van der Waals surface area contributed by atoms with Crippen molar-refractivity contribution in [2.75, 3.05) is 7.11 Å². The number of esters is 1. The molecule has 3 aromatic carbocycles. The van der Waals surface area contributed by atoms with Crippen LogP contribution >= 0.6 is 10.8 Å². The summed E-state index contributed by atoms with van der Waals surface area (Å²) in [7, 11) is -2.14. The minimum absolute atomic E-state index is 0.0213. The summed E-state index contributed by atoms with van der Waals surface area (Å²) in [6, 6.07) is 21.8. The summed E-state index contributed by atoms with van der Waals surface area (Å²) in [5.74, 6) is -2.25. The first kappa shape index (κ1) is 29.7. The molecule has 2 atom stereocenters. The molecule has 1 heterocycles. The lowest BCUT2D eigenvalue weighted by atomic mass is 10.0. The standard InChI is InChI=1S/C29H28N2O8S2/c1-19(32)26(29(35)39-18-21-13-15-22(38-2)16-14-21)31-27(34)25(30-24(33)17-20-9-5-3-6-10-20)28(31)40-41(36,37)23-11-7-4-8-12-23/h3-16,25,28,32H,17-18H2,1-2H3,(H,30,33)/b26-19+. The third-order valence-corrected chi connectivity index (χ3v) is 9.84. The van der Waals surface area contributed by atoms with Crippen molar-refractivity contribution in [1.29, 1.82) is 0 Å². The van der Waals surface area contributed by atoms with E-state index in [1.54, 1.807) is 72.8 Å². The quantitative estimate of drug-likeness (QED) is 0.112. The summed E-state index contributed by atoms with van der Waals surface area (Å²) in [6.45, 7) is 1.00. The van der Waals surface area contributed by atoms with E-state index in [2.05, 4.69) is 5.32 Å². The molecule has 12 heteroatoms. The molecule has 0 bridgehead atoms. The Kier molecular flexibility index (Phi) is 9.35. The zero-order chi connectivity index (χ0) is 29.6. The number of hydrogen-bond donors (Lipinski definition) is 2. The lowest BCUT2D eigenvalue weighted by molar-refractivity contribution is -0.153. The van der Waals surface area contributed by atoms with Crippen LogP contribution in [0.15, 0.2) is 101 Å². The van der Waals surface area contributed by atoms with Crippen LogP contribution in [0, 0.1) is 0 Å². The molecule has 2 amide bonds. The molecule has 0 aromatic heterocycles. The number of ether oxygens (including phenoxy) is 2. The predicted octanol–water partition coefficient (Wildman–Crippen LogP) is 3.55. The number of carbonyl (C=O) groups is 3. The molecule has 2 unspecified atom stereocenters. The number of β-lactam (4-membered cyclic amide) rings is 1. The Morgan fingerprint density at radius 3 is 2.15 bits per heavy atom. The van der Waals surface area contributed by atoms with E-state index in [1.165, 1.54) is 26.2 Å². The SMILES string of the molecule is COc1ccc(COC(=O)/C(=C(/C)O)N2C(=O)C(NC(=O)Cc3ccccc3)C2SS(=O)(=O)c2ccccc2)cc1. The van der Waals surface area contributed by atoms with E-state index in [9.17, 15) is 27.9 Å². The van der Waals surface area contributed by atoms with Crippen molar-refractivity contribution in [2.24, 2.45) is 0 Å². The molecule has 0 saturated carbocycles. The Hall–Kier alpha value is -4.29. The normalized spacial score (nSPS) is 17.2. The van der Waals surface area contributed by atoms with Gasteiger partial charge in [0.2, 0.25) is 14.8 Å². The first-order chi connectivity index (χ1) is 19.6. The van der Waals surface area contributed by atoms with E-state index < -0.39 is 49.5 Å². The second-order valence-electron chi connectivity index (χ2n) is 9.03. The number of carbonyl (C=O) groups excluding carboxylic acids is 3. The minimum atomic E-state index is -4.05. The van der Waals surface area contributed by atoms with E-state index in [0.29, 0.717) is 27.7 Å². The lowest BCUT2D eigenvalue weighted by Gasteiger charge is -2.46. The number of amides is 2. The smallest absolute Gasteiger partial charge is 0.358 e. The maximum atomic E-state index is 13.3. The average Bonchev–Trinajstić information content (AvgIpc) is 2.97. The number of methoxy groups -OCH3 is 1. The van der Waals surface area contributed by atoms with Crippen LogP contribution in [0.25, 0.3) is 0 Å². The van der Waals surface area contributed by atoms with Crippen LogP contribution in [0.5, 0.6) is 5.75 Å². The zero-order valence-corrected chi connectivity index (χ0v) is 23.9.